The second-order valence-electron chi connectivity index (χ2n) is 5.91. The summed E-state index contributed by atoms with van der Waals surface area (Å²) >= 11 is 3.54. The fraction of sp³-hybridized carbons (Fsp3) is 0.529. The molecule has 1 saturated heterocycles. The third-order valence-corrected chi connectivity index (χ3v) is 6.16. The first kappa shape index (κ1) is 16.9. The monoisotopic (exact) mass is 350 g/mol. The first-order valence-corrected chi connectivity index (χ1v) is 9.93. The normalized spacial score (nSPS) is 24.6. The molecule has 23 heavy (non-hydrogen) atoms. The maximum Gasteiger partial charge on any atom is 0.254 e. The zero-order chi connectivity index (χ0) is 16.2. The molecule has 0 spiro atoms. The van der Waals surface area contributed by atoms with Gasteiger partial charge in [0, 0.05) is 30.2 Å². The molecule has 0 saturated carbocycles. The van der Waals surface area contributed by atoms with Crippen molar-refractivity contribution < 1.29 is 9.53 Å². The Hall–Kier alpha value is -0.980. The van der Waals surface area contributed by atoms with E-state index in [1.807, 2.05) is 43.0 Å². The van der Waals surface area contributed by atoms with Crippen LogP contribution in [0.25, 0.3) is 0 Å². The first-order chi connectivity index (χ1) is 11.1. The van der Waals surface area contributed by atoms with Crippen LogP contribution in [0.1, 0.15) is 29.8 Å². The van der Waals surface area contributed by atoms with Gasteiger partial charge in [-0.1, -0.05) is 41.7 Å². The highest BCUT2D eigenvalue weighted by Gasteiger charge is 2.27. The van der Waals surface area contributed by atoms with E-state index in [1.165, 1.54) is 0 Å². The Kier molecular flexibility index (Phi) is 5.67. The Balaban J connectivity index is 1.72. The van der Waals surface area contributed by atoms with Crippen LogP contribution in [0.2, 0.25) is 0 Å². The highest BCUT2D eigenvalue weighted by molar-refractivity contribution is 8.38. The quantitative estimate of drug-likeness (QED) is 0.839. The molecule has 124 valence electrons. The first-order valence-electron chi connectivity index (χ1n) is 7.96. The fourth-order valence-corrected chi connectivity index (χ4v) is 4.92. The number of nitrogens with zero attached hydrogens (tertiary/aromatic N) is 2. The summed E-state index contributed by atoms with van der Waals surface area (Å²) in [7, 11) is 0. The Labute approximate surface area is 146 Å². The van der Waals surface area contributed by atoms with Crippen molar-refractivity contribution in [2.45, 2.75) is 31.8 Å². The molecule has 4 nitrogen and oxygen atoms in total. The zero-order valence-electron chi connectivity index (χ0n) is 13.5. The van der Waals surface area contributed by atoms with E-state index in [2.05, 4.69) is 4.99 Å². The Bertz CT molecular complexity index is 596. The van der Waals surface area contributed by atoms with Gasteiger partial charge in [0.15, 0.2) is 0 Å². The summed E-state index contributed by atoms with van der Waals surface area (Å²) in [5, 5.41) is 0. The smallest absolute Gasteiger partial charge is 0.254 e. The maximum absolute atomic E-state index is 12.9. The molecule has 1 aromatic rings. The van der Waals surface area contributed by atoms with Crippen molar-refractivity contribution in [3.63, 3.8) is 0 Å². The highest BCUT2D eigenvalue weighted by atomic mass is 32.2. The molecule has 1 aromatic carbocycles. The van der Waals surface area contributed by atoms with Gasteiger partial charge in [0.1, 0.15) is 4.38 Å². The molecule has 2 atom stereocenters. The third kappa shape index (κ3) is 4.31. The number of hydrogen-bond donors (Lipinski definition) is 0. The Morgan fingerprint density at radius 1 is 1.35 bits per heavy atom. The van der Waals surface area contributed by atoms with Crippen LogP contribution in [0, 0.1) is 0 Å². The molecule has 2 heterocycles. The second kappa shape index (κ2) is 7.73. The molecule has 0 aliphatic carbocycles. The maximum atomic E-state index is 12.9. The minimum Gasteiger partial charge on any atom is -0.372 e. The van der Waals surface area contributed by atoms with Crippen molar-refractivity contribution in [3.8, 4) is 0 Å². The van der Waals surface area contributed by atoms with Crippen LogP contribution in [0.5, 0.6) is 0 Å². The van der Waals surface area contributed by atoms with E-state index in [0.717, 1.165) is 33.6 Å². The SMILES string of the molecule is CC1CN(C(=O)c2ccccc2CSC2=NCCS2)CC(C)O1. The van der Waals surface area contributed by atoms with Crippen LogP contribution in [-0.4, -0.2) is 52.8 Å². The average Bonchev–Trinajstić information content (AvgIpc) is 3.05. The fourth-order valence-electron chi connectivity index (χ4n) is 2.91. The van der Waals surface area contributed by atoms with Gasteiger partial charge in [-0.3, -0.25) is 9.79 Å². The van der Waals surface area contributed by atoms with Gasteiger partial charge < -0.3 is 9.64 Å². The summed E-state index contributed by atoms with van der Waals surface area (Å²) in [5.74, 6) is 1.99. The lowest BCUT2D eigenvalue weighted by Crippen LogP contribution is -2.48. The largest absolute Gasteiger partial charge is 0.372 e. The van der Waals surface area contributed by atoms with Gasteiger partial charge in [0.25, 0.3) is 5.91 Å². The average molecular weight is 351 g/mol. The van der Waals surface area contributed by atoms with Crippen molar-refractivity contribution in [1.82, 2.24) is 4.90 Å². The van der Waals surface area contributed by atoms with E-state index in [4.69, 9.17) is 4.74 Å². The van der Waals surface area contributed by atoms with Gasteiger partial charge in [0.05, 0.1) is 18.8 Å². The molecule has 1 amide bonds. The molecule has 0 N–H and O–H groups in total. The predicted octanol–water partition coefficient (Wildman–Crippen LogP) is 3.27. The molecule has 0 bridgehead atoms. The zero-order valence-corrected chi connectivity index (χ0v) is 15.2. The van der Waals surface area contributed by atoms with E-state index in [1.54, 1.807) is 23.5 Å². The van der Waals surface area contributed by atoms with Crippen molar-refractivity contribution in [3.05, 3.63) is 35.4 Å². The molecule has 2 aliphatic heterocycles. The summed E-state index contributed by atoms with van der Waals surface area (Å²) in [6.45, 7) is 6.28. The minimum absolute atomic E-state index is 0.0912. The molecule has 3 rings (SSSR count). The number of hydrogen-bond acceptors (Lipinski definition) is 5. The Morgan fingerprint density at radius 3 is 2.78 bits per heavy atom. The number of aliphatic imine (C=N–C) groups is 1. The van der Waals surface area contributed by atoms with Gasteiger partial charge in [0.2, 0.25) is 0 Å². The molecule has 2 aliphatic rings. The summed E-state index contributed by atoms with van der Waals surface area (Å²) in [6.07, 6.45) is 0.182. The molecular weight excluding hydrogens is 328 g/mol. The number of carbonyl (C=O) groups is 1. The number of morpholine rings is 1. The van der Waals surface area contributed by atoms with E-state index >= 15 is 0 Å². The summed E-state index contributed by atoms with van der Waals surface area (Å²) in [6, 6.07) is 7.93. The van der Waals surface area contributed by atoms with E-state index in [-0.39, 0.29) is 18.1 Å². The van der Waals surface area contributed by atoms with Crippen LogP contribution < -0.4 is 0 Å². The van der Waals surface area contributed by atoms with Crippen LogP contribution >= 0.6 is 23.5 Å². The molecule has 1 fully saturated rings. The van der Waals surface area contributed by atoms with E-state index in [0.29, 0.717) is 13.1 Å². The summed E-state index contributed by atoms with van der Waals surface area (Å²) < 4.78 is 6.87. The number of rotatable bonds is 3. The number of ether oxygens (including phenoxy) is 1. The van der Waals surface area contributed by atoms with Crippen LogP contribution in [0.4, 0.5) is 0 Å². The molecule has 0 radical (unpaired) electrons. The number of benzene rings is 1. The second-order valence-corrected chi connectivity index (χ2v) is 8.22. The molecule has 6 heteroatoms. The lowest BCUT2D eigenvalue weighted by atomic mass is 10.1. The van der Waals surface area contributed by atoms with E-state index < -0.39 is 0 Å². The van der Waals surface area contributed by atoms with Gasteiger partial charge in [-0.25, -0.2) is 0 Å². The van der Waals surface area contributed by atoms with Gasteiger partial charge in [-0.15, -0.1) is 0 Å². The molecular formula is C17H22N2O2S2. The molecule has 2 unspecified atom stereocenters. The van der Waals surface area contributed by atoms with Crippen molar-refractivity contribution in [2.75, 3.05) is 25.4 Å². The summed E-state index contributed by atoms with van der Waals surface area (Å²) in [4.78, 5) is 19.3. The third-order valence-electron chi connectivity index (χ3n) is 3.86. The van der Waals surface area contributed by atoms with Crippen LogP contribution in [0.15, 0.2) is 29.3 Å². The van der Waals surface area contributed by atoms with Crippen molar-refractivity contribution >= 4 is 33.8 Å². The number of thioether (sulfide) groups is 2. The van der Waals surface area contributed by atoms with Crippen LogP contribution in [-0.2, 0) is 10.5 Å². The van der Waals surface area contributed by atoms with Gasteiger partial charge in [-0.05, 0) is 25.5 Å². The van der Waals surface area contributed by atoms with Gasteiger partial charge >= 0.3 is 0 Å². The standard InChI is InChI=1S/C17H22N2O2S2/c1-12-9-19(10-13(2)21-12)16(20)15-6-4-3-5-14(15)11-23-17-18-7-8-22-17/h3-6,12-13H,7-11H2,1-2H3. The minimum atomic E-state index is 0.0912. The topological polar surface area (TPSA) is 41.9 Å². The number of amides is 1. The summed E-state index contributed by atoms with van der Waals surface area (Å²) in [5.41, 5.74) is 1.90. The number of carbonyl (C=O) groups excluding carboxylic acids is 1. The van der Waals surface area contributed by atoms with Crippen molar-refractivity contribution in [1.29, 1.82) is 0 Å². The van der Waals surface area contributed by atoms with Crippen molar-refractivity contribution in [2.24, 2.45) is 4.99 Å². The Morgan fingerprint density at radius 2 is 2.09 bits per heavy atom. The van der Waals surface area contributed by atoms with E-state index in [9.17, 15) is 4.79 Å². The lowest BCUT2D eigenvalue weighted by molar-refractivity contribution is -0.0586. The van der Waals surface area contributed by atoms with Crippen LogP contribution in [0.3, 0.4) is 0 Å². The molecule has 0 aromatic heterocycles. The predicted molar refractivity (Wildman–Crippen MR) is 98.4 cm³/mol. The lowest BCUT2D eigenvalue weighted by Gasteiger charge is -2.35. The van der Waals surface area contributed by atoms with Gasteiger partial charge in [-0.2, -0.15) is 0 Å². The highest BCUT2D eigenvalue weighted by Crippen LogP contribution is 2.27.